The van der Waals surface area contributed by atoms with Crippen LogP contribution in [0, 0.1) is 0 Å². The zero-order valence-electron chi connectivity index (χ0n) is 13.1. The molecule has 0 atom stereocenters. The van der Waals surface area contributed by atoms with Gasteiger partial charge in [0.15, 0.2) is 18.1 Å². The molecule has 0 radical (unpaired) electrons. The molecule has 1 amide bonds. The van der Waals surface area contributed by atoms with Crippen molar-refractivity contribution in [1.29, 1.82) is 0 Å². The van der Waals surface area contributed by atoms with Crippen molar-refractivity contribution in [3.05, 3.63) is 46.7 Å². The van der Waals surface area contributed by atoms with Gasteiger partial charge in [0, 0.05) is 18.1 Å². The van der Waals surface area contributed by atoms with Gasteiger partial charge in [-0.05, 0) is 41.4 Å². The highest BCUT2D eigenvalue weighted by atomic mass is 32.2. The molecule has 0 fully saturated rings. The Labute approximate surface area is 145 Å². The summed E-state index contributed by atoms with van der Waals surface area (Å²) in [6, 6.07) is 9.49. The normalized spacial score (nSPS) is 10.3. The highest BCUT2D eigenvalue weighted by Gasteiger charge is 2.06. The standard InChI is InChI=1S/C17H21NO3S2/c1-2-20-15-5-3-4-6-16(15)21-11-17(19)18-8-10-23-13-14-7-9-22-12-14/h3-7,9,12H,2,8,10-11,13H2,1H3,(H,18,19). The molecule has 0 aliphatic rings. The van der Waals surface area contributed by atoms with Gasteiger partial charge in [0.1, 0.15) is 0 Å². The van der Waals surface area contributed by atoms with E-state index in [4.69, 9.17) is 9.47 Å². The average molecular weight is 351 g/mol. The van der Waals surface area contributed by atoms with E-state index in [0.29, 0.717) is 24.7 Å². The summed E-state index contributed by atoms with van der Waals surface area (Å²) in [5, 5.41) is 7.09. The molecular weight excluding hydrogens is 330 g/mol. The number of hydrogen-bond acceptors (Lipinski definition) is 5. The molecule has 2 rings (SSSR count). The number of ether oxygens (including phenoxy) is 2. The smallest absolute Gasteiger partial charge is 0.257 e. The van der Waals surface area contributed by atoms with Crippen molar-refractivity contribution in [3.63, 3.8) is 0 Å². The summed E-state index contributed by atoms with van der Waals surface area (Å²) in [5.41, 5.74) is 1.34. The number of carbonyl (C=O) groups excluding carboxylic acids is 1. The predicted molar refractivity (Wildman–Crippen MR) is 96.6 cm³/mol. The van der Waals surface area contributed by atoms with Gasteiger partial charge in [0.05, 0.1) is 6.61 Å². The number of rotatable bonds is 10. The Bertz CT molecular complexity index is 587. The number of para-hydroxylation sites is 2. The molecule has 6 heteroatoms. The number of thioether (sulfide) groups is 1. The minimum absolute atomic E-state index is 0.000709. The molecule has 23 heavy (non-hydrogen) atoms. The van der Waals surface area contributed by atoms with Crippen LogP contribution in [-0.2, 0) is 10.5 Å². The van der Waals surface area contributed by atoms with E-state index >= 15 is 0 Å². The van der Waals surface area contributed by atoms with Crippen LogP contribution in [0.15, 0.2) is 41.1 Å². The second-order valence-electron chi connectivity index (χ2n) is 4.70. The van der Waals surface area contributed by atoms with Gasteiger partial charge in [-0.15, -0.1) is 0 Å². The number of benzene rings is 1. The molecule has 2 aromatic rings. The molecule has 1 aromatic carbocycles. The molecule has 1 N–H and O–H groups in total. The molecule has 0 bridgehead atoms. The molecule has 0 aliphatic heterocycles. The summed E-state index contributed by atoms with van der Waals surface area (Å²) >= 11 is 3.52. The molecule has 124 valence electrons. The SMILES string of the molecule is CCOc1ccccc1OCC(=O)NCCSCc1ccsc1. The second kappa shape index (κ2) is 10.2. The molecular formula is C17H21NO3S2. The van der Waals surface area contributed by atoms with Crippen LogP contribution in [0.1, 0.15) is 12.5 Å². The Kier molecular flexibility index (Phi) is 7.83. The lowest BCUT2D eigenvalue weighted by molar-refractivity contribution is -0.122. The summed E-state index contributed by atoms with van der Waals surface area (Å²) in [6.45, 7) is 3.12. The van der Waals surface area contributed by atoms with Crippen LogP contribution in [0.3, 0.4) is 0 Å². The Morgan fingerprint density at radius 2 is 2.00 bits per heavy atom. The molecule has 0 aliphatic carbocycles. The van der Waals surface area contributed by atoms with Gasteiger partial charge >= 0.3 is 0 Å². The Hall–Kier alpha value is -1.66. The lowest BCUT2D eigenvalue weighted by Gasteiger charge is -2.11. The van der Waals surface area contributed by atoms with E-state index in [1.165, 1.54) is 5.56 Å². The minimum atomic E-state index is -0.118. The fourth-order valence-electron chi connectivity index (χ4n) is 1.87. The Balaban J connectivity index is 1.61. The van der Waals surface area contributed by atoms with Crippen molar-refractivity contribution in [3.8, 4) is 11.5 Å². The maximum absolute atomic E-state index is 11.8. The third-order valence-electron chi connectivity index (χ3n) is 2.93. The zero-order chi connectivity index (χ0) is 16.3. The van der Waals surface area contributed by atoms with Crippen LogP contribution in [0.4, 0.5) is 0 Å². The van der Waals surface area contributed by atoms with E-state index in [0.717, 1.165) is 11.5 Å². The first-order valence-corrected chi connectivity index (χ1v) is 9.59. The van der Waals surface area contributed by atoms with Crippen LogP contribution in [-0.4, -0.2) is 31.4 Å². The largest absolute Gasteiger partial charge is 0.490 e. The first-order chi connectivity index (χ1) is 11.3. The molecule has 0 saturated heterocycles. The van der Waals surface area contributed by atoms with Gasteiger partial charge in [0.2, 0.25) is 0 Å². The van der Waals surface area contributed by atoms with E-state index in [2.05, 4.69) is 22.1 Å². The maximum atomic E-state index is 11.8. The first kappa shape index (κ1) is 17.7. The highest BCUT2D eigenvalue weighted by molar-refractivity contribution is 7.98. The van der Waals surface area contributed by atoms with Crippen LogP contribution in [0.2, 0.25) is 0 Å². The number of amides is 1. The van der Waals surface area contributed by atoms with E-state index in [1.54, 1.807) is 17.4 Å². The van der Waals surface area contributed by atoms with Crippen LogP contribution in [0.25, 0.3) is 0 Å². The quantitative estimate of drug-likeness (QED) is 0.665. The van der Waals surface area contributed by atoms with E-state index in [-0.39, 0.29) is 12.5 Å². The van der Waals surface area contributed by atoms with Crippen molar-refractivity contribution in [2.24, 2.45) is 0 Å². The number of carbonyl (C=O) groups is 1. The van der Waals surface area contributed by atoms with Crippen molar-refractivity contribution < 1.29 is 14.3 Å². The minimum Gasteiger partial charge on any atom is -0.490 e. The van der Waals surface area contributed by atoms with Crippen LogP contribution < -0.4 is 14.8 Å². The predicted octanol–water partition coefficient (Wildman–Crippen LogP) is 3.58. The fraction of sp³-hybridized carbons (Fsp3) is 0.353. The summed E-state index contributed by atoms with van der Waals surface area (Å²) in [5.74, 6) is 3.01. The maximum Gasteiger partial charge on any atom is 0.257 e. The monoisotopic (exact) mass is 351 g/mol. The topological polar surface area (TPSA) is 47.6 Å². The highest BCUT2D eigenvalue weighted by Crippen LogP contribution is 2.26. The van der Waals surface area contributed by atoms with Crippen molar-refractivity contribution >= 4 is 29.0 Å². The fourth-order valence-corrected chi connectivity index (χ4v) is 3.45. The van der Waals surface area contributed by atoms with Crippen molar-refractivity contribution in [2.75, 3.05) is 25.5 Å². The summed E-state index contributed by atoms with van der Waals surface area (Å²) in [7, 11) is 0. The summed E-state index contributed by atoms with van der Waals surface area (Å²) in [6.07, 6.45) is 0. The molecule has 1 aromatic heterocycles. The molecule has 0 spiro atoms. The van der Waals surface area contributed by atoms with Gasteiger partial charge in [-0.1, -0.05) is 12.1 Å². The lowest BCUT2D eigenvalue weighted by Crippen LogP contribution is -2.30. The summed E-state index contributed by atoms with van der Waals surface area (Å²) in [4.78, 5) is 11.8. The van der Waals surface area contributed by atoms with E-state index in [1.807, 2.05) is 36.9 Å². The molecule has 0 unspecified atom stereocenters. The van der Waals surface area contributed by atoms with Gasteiger partial charge < -0.3 is 14.8 Å². The van der Waals surface area contributed by atoms with E-state index < -0.39 is 0 Å². The summed E-state index contributed by atoms with van der Waals surface area (Å²) < 4.78 is 11.0. The third kappa shape index (κ3) is 6.54. The average Bonchev–Trinajstić information content (AvgIpc) is 3.07. The molecule has 4 nitrogen and oxygen atoms in total. The Morgan fingerprint density at radius 3 is 2.70 bits per heavy atom. The molecule has 1 heterocycles. The Morgan fingerprint density at radius 1 is 1.22 bits per heavy atom. The van der Waals surface area contributed by atoms with E-state index in [9.17, 15) is 4.79 Å². The number of nitrogens with one attached hydrogen (secondary N) is 1. The lowest BCUT2D eigenvalue weighted by atomic mass is 10.3. The number of hydrogen-bond donors (Lipinski definition) is 1. The van der Waals surface area contributed by atoms with Crippen molar-refractivity contribution in [2.45, 2.75) is 12.7 Å². The second-order valence-corrected chi connectivity index (χ2v) is 6.59. The van der Waals surface area contributed by atoms with Crippen LogP contribution in [0.5, 0.6) is 11.5 Å². The van der Waals surface area contributed by atoms with Crippen molar-refractivity contribution in [1.82, 2.24) is 5.32 Å². The zero-order valence-corrected chi connectivity index (χ0v) is 14.8. The third-order valence-corrected chi connectivity index (χ3v) is 4.69. The number of thiophene rings is 1. The van der Waals surface area contributed by atoms with Crippen LogP contribution >= 0.6 is 23.1 Å². The van der Waals surface area contributed by atoms with Gasteiger partial charge in [-0.2, -0.15) is 23.1 Å². The molecule has 0 saturated carbocycles. The first-order valence-electron chi connectivity index (χ1n) is 7.49. The van der Waals surface area contributed by atoms with Gasteiger partial charge in [0.25, 0.3) is 5.91 Å². The van der Waals surface area contributed by atoms with Gasteiger partial charge in [-0.3, -0.25) is 4.79 Å². The van der Waals surface area contributed by atoms with Gasteiger partial charge in [-0.25, -0.2) is 0 Å².